The average molecular weight is 348 g/mol. The monoisotopic (exact) mass is 348 g/mol. The first kappa shape index (κ1) is 21.0. The molecule has 0 heterocycles. The van der Waals surface area contributed by atoms with Gasteiger partial charge in [0.05, 0.1) is 7.11 Å². The molecule has 5 heteroatoms. The van der Waals surface area contributed by atoms with Crippen LogP contribution in [0.15, 0.2) is 24.3 Å². The van der Waals surface area contributed by atoms with Crippen molar-refractivity contribution in [2.45, 2.75) is 59.5 Å². The Kier molecular flexibility index (Phi) is 9.03. The van der Waals surface area contributed by atoms with E-state index < -0.39 is 6.04 Å². The average Bonchev–Trinajstić information content (AvgIpc) is 2.59. The molecule has 1 aromatic rings. The number of carbonyl (C=O) groups excluding carboxylic acids is 2. The molecule has 1 unspecified atom stereocenters. The van der Waals surface area contributed by atoms with Gasteiger partial charge in [-0.1, -0.05) is 32.9 Å². The summed E-state index contributed by atoms with van der Waals surface area (Å²) in [7, 11) is 1.62. The van der Waals surface area contributed by atoms with Crippen LogP contribution in [0.5, 0.6) is 5.75 Å². The van der Waals surface area contributed by atoms with Gasteiger partial charge in [0.1, 0.15) is 11.8 Å². The largest absolute Gasteiger partial charge is 0.497 e. The Bertz CT molecular complexity index is 540. The Balaban J connectivity index is 2.80. The fourth-order valence-corrected chi connectivity index (χ4v) is 2.50. The standard InChI is InChI=1S/C20H32N2O3/c1-6-7-19(23)22(14-17-8-10-18(25-5)11-9-17)16(4)20(24)21-13-12-15(2)3/h8-11,15-16H,6-7,12-14H2,1-5H3,(H,21,24). The van der Waals surface area contributed by atoms with Gasteiger partial charge in [-0.2, -0.15) is 0 Å². The highest BCUT2D eigenvalue weighted by atomic mass is 16.5. The van der Waals surface area contributed by atoms with Crippen LogP contribution in [0.3, 0.4) is 0 Å². The number of hydrogen-bond acceptors (Lipinski definition) is 3. The Hall–Kier alpha value is -2.04. The minimum absolute atomic E-state index is 0.00447. The molecule has 0 radical (unpaired) electrons. The normalized spacial score (nSPS) is 11.9. The SMILES string of the molecule is CCCC(=O)N(Cc1ccc(OC)cc1)C(C)C(=O)NCCC(C)C. The molecule has 0 bridgehead atoms. The van der Waals surface area contributed by atoms with E-state index in [4.69, 9.17) is 4.74 Å². The quantitative estimate of drug-likeness (QED) is 0.705. The van der Waals surface area contributed by atoms with Crippen LogP contribution in [0.2, 0.25) is 0 Å². The second-order valence-electron chi connectivity index (χ2n) is 6.77. The van der Waals surface area contributed by atoms with Gasteiger partial charge in [-0.05, 0) is 43.4 Å². The summed E-state index contributed by atoms with van der Waals surface area (Å²) in [5, 5.41) is 2.94. The molecule has 1 N–H and O–H groups in total. The topological polar surface area (TPSA) is 58.6 Å². The van der Waals surface area contributed by atoms with Crippen LogP contribution < -0.4 is 10.1 Å². The van der Waals surface area contributed by atoms with Crippen molar-refractivity contribution in [2.75, 3.05) is 13.7 Å². The molecule has 0 aliphatic carbocycles. The summed E-state index contributed by atoms with van der Waals surface area (Å²) in [6, 6.07) is 7.09. The van der Waals surface area contributed by atoms with E-state index in [-0.39, 0.29) is 11.8 Å². The molecule has 0 spiro atoms. The van der Waals surface area contributed by atoms with Gasteiger partial charge in [-0.15, -0.1) is 0 Å². The lowest BCUT2D eigenvalue weighted by Gasteiger charge is -2.29. The van der Waals surface area contributed by atoms with Crippen LogP contribution in [0, 0.1) is 5.92 Å². The minimum Gasteiger partial charge on any atom is -0.497 e. The second kappa shape index (κ2) is 10.7. The summed E-state index contributed by atoms with van der Waals surface area (Å²) in [5.41, 5.74) is 0.979. The molecule has 0 fully saturated rings. The third-order valence-corrected chi connectivity index (χ3v) is 4.16. The molecule has 1 aromatic carbocycles. The number of benzene rings is 1. The van der Waals surface area contributed by atoms with Crippen molar-refractivity contribution >= 4 is 11.8 Å². The van der Waals surface area contributed by atoms with E-state index in [2.05, 4.69) is 19.2 Å². The van der Waals surface area contributed by atoms with Crippen LogP contribution in [0.1, 0.15) is 52.5 Å². The van der Waals surface area contributed by atoms with Crippen molar-refractivity contribution in [3.63, 3.8) is 0 Å². The molecule has 0 saturated heterocycles. The number of ether oxygens (including phenoxy) is 1. The van der Waals surface area contributed by atoms with Gasteiger partial charge in [0, 0.05) is 19.5 Å². The highest BCUT2D eigenvalue weighted by Gasteiger charge is 2.25. The number of nitrogens with one attached hydrogen (secondary N) is 1. The number of hydrogen-bond donors (Lipinski definition) is 1. The van der Waals surface area contributed by atoms with Gasteiger partial charge in [0.15, 0.2) is 0 Å². The zero-order valence-electron chi connectivity index (χ0n) is 16.2. The van der Waals surface area contributed by atoms with E-state index >= 15 is 0 Å². The van der Waals surface area contributed by atoms with Crippen LogP contribution >= 0.6 is 0 Å². The van der Waals surface area contributed by atoms with Crippen molar-refractivity contribution in [1.29, 1.82) is 0 Å². The van der Waals surface area contributed by atoms with Crippen LogP contribution in [-0.2, 0) is 16.1 Å². The Morgan fingerprint density at radius 1 is 1.16 bits per heavy atom. The summed E-state index contributed by atoms with van der Waals surface area (Å²) >= 11 is 0. The fraction of sp³-hybridized carbons (Fsp3) is 0.600. The maximum atomic E-state index is 12.5. The molecular formula is C20H32N2O3. The second-order valence-corrected chi connectivity index (χ2v) is 6.77. The summed E-state index contributed by atoms with van der Waals surface area (Å²) in [5.74, 6) is 1.21. The first-order valence-corrected chi connectivity index (χ1v) is 9.09. The number of amides is 2. The summed E-state index contributed by atoms with van der Waals surface area (Å²) in [6.07, 6.45) is 2.14. The molecule has 1 rings (SSSR count). The van der Waals surface area contributed by atoms with Gasteiger partial charge < -0.3 is 15.0 Å². The van der Waals surface area contributed by atoms with Crippen molar-refractivity contribution in [2.24, 2.45) is 5.92 Å². The van der Waals surface area contributed by atoms with E-state index in [0.717, 1.165) is 24.2 Å². The van der Waals surface area contributed by atoms with Gasteiger partial charge in [0.2, 0.25) is 11.8 Å². The Labute approximate surface area is 151 Å². The summed E-state index contributed by atoms with van der Waals surface area (Å²) < 4.78 is 5.16. The maximum absolute atomic E-state index is 12.5. The zero-order chi connectivity index (χ0) is 18.8. The summed E-state index contributed by atoms with van der Waals surface area (Å²) in [6.45, 7) is 9.06. The Morgan fingerprint density at radius 2 is 1.80 bits per heavy atom. The van der Waals surface area contributed by atoms with E-state index in [1.54, 1.807) is 18.9 Å². The van der Waals surface area contributed by atoms with Crippen molar-refractivity contribution in [3.8, 4) is 5.75 Å². The zero-order valence-corrected chi connectivity index (χ0v) is 16.2. The molecule has 1 atom stereocenters. The number of carbonyl (C=O) groups is 2. The van der Waals surface area contributed by atoms with E-state index in [0.29, 0.717) is 25.4 Å². The van der Waals surface area contributed by atoms with Gasteiger partial charge in [-0.25, -0.2) is 0 Å². The molecule has 25 heavy (non-hydrogen) atoms. The molecule has 0 aromatic heterocycles. The van der Waals surface area contributed by atoms with Crippen molar-refractivity contribution in [3.05, 3.63) is 29.8 Å². The van der Waals surface area contributed by atoms with Crippen LogP contribution in [0.25, 0.3) is 0 Å². The molecule has 5 nitrogen and oxygen atoms in total. The third kappa shape index (κ3) is 7.16. The first-order valence-electron chi connectivity index (χ1n) is 9.09. The van der Waals surface area contributed by atoms with E-state index in [1.807, 2.05) is 31.2 Å². The summed E-state index contributed by atoms with van der Waals surface area (Å²) in [4.78, 5) is 26.6. The molecular weight excluding hydrogens is 316 g/mol. The first-order chi connectivity index (χ1) is 11.9. The fourth-order valence-electron chi connectivity index (χ4n) is 2.50. The highest BCUT2D eigenvalue weighted by molar-refractivity contribution is 5.87. The minimum atomic E-state index is -0.492. The number of rotatable bonds is 10. The van der Waals surface area contributed by atoms with Gasteiger partial charge >= 0.3 is 0 Å². The molecule has 140 valence electrons. The van der Waals surface area contributed by atoms with Crippen molar-refractivity contribution < 1.29 is 14.3 Å². The van der Waals surface area contributed by atoms with Crippen LogP contribution in [-0.4, -0.2) is 36.4 Å². The van der Waals surface area contributed by atoms with E-state index in [1.165, 1.54) is 0 Å². The molecule has 0 aliphatic rings. The number of nitrogens with zero attached hydrogens (tertiary/aromatic N) is 1. The van der Waals surface area contributed by atoms with Gasteiger partial charge in [0.25, 0.3) is 0 Å². The smallest absolute Gasteiger partial charge is 0.242 e. The molecule has 0 aliphatic heterocycles. The lowest BCUT2D eigenvalue weighted by molar-refractivity contribution is -0.140. The predicted octanol–water partition coefficient (Wildman–Crippen LogP) is 3.37. The van der Waals surface area contributed by atoms with Crippen molar-refractivity contribution in [1.82, 2.24) is 10.2 Å². The van der Waals surface area contributed by atoms with E-state index in [9.17, 15) is 9.59 Å². The maximum Gasteiger partial charge on any atom is 0.242 e. The molecule has 2 amide bonds. The lowest BCUT2D eigenvalue weighted by atomic mass is 10.1. The predicted molar refractivity (Wildman–Crippen MR) is 100 cm³/mol. The highest BCUT2D eigenvalue weighted by Crippen LogP contribution is 2.16. The van der Waals surface area contributed by atoms with Crippen LogP contribution in [0.4, 0.5) is 0 Å². The van der Waals surface area contributed by atoms with Gasteiger partial charge in [-0.3, -0.25) is 9.59 Å². The third-order valence-electron chi connectivity index (χ3n) is 4.16. The Morgan fingerprint density at radius 3 is 2.32 bits per heavy atom. The lowest BCUT2D eigenvalue weighted by Crippen LogP contribution is -2.47. The number of methoxy groups -OCH3 is 1. The molecule has 0 saturated carbocycles.